The number of hydrogen-bond donors (Lipinski definition) is 1. The number of anilines is 3. The van der Waals surface area contributed by atoms with Crippen LogP contribution in [0.4, 0.5) is 16.5 Å². The number of nitriles is 1. The van der Waals surface area contributed by atoms with E-state index in [1.165, 1.54) is 11.3 Å². The number of nitrogens with two attached hydrogens (primary N) is 1. The minimum absolute atomic E-state index is 0. The number of methoxy groups -OCH3 is 1. The minimum atomic E-state index is 0. The van der Waals surface area contributed by atoms with E-state index in [1.807, 2.05) is 49.5 Å². The molecule has 2 heterocycles. The number of hydrogen-bond acceptors (Lipinski definition) is 7. The van der Waals surface area contributed by atoms with E-state index in [-0.39, 0.29) is 12.4 Å². The van der Waals surface area contributed by atoms with E-state index in [0.29, 0.717) is 17.2 Å². The first-order valence-electron chi connectivity index (χ1n) is 8.54. The van der Waals surface area contributed by atoms with Gasteiger partial charge in [-0.15, -0.1) is 12.4 Å². The molecule has 0 amide bonds. The highest BCUT2D eigenvalue weighted by atomic mass is 35.5. The Morgan fingerprint density at radius 2 is 1.90 bits per heavy atom. The highest BCUT2D eigenvalue weighted by Gasteiger charge is 2.15. The van der Waals surface area contributed by atoms with Gasteiger partial charge in [0.25, 0.3) is 0 Å². The Bertz CT molecular complexity index is 1220. The topological polar surface area (TPSA) is 88.1 Å². The van der Waals surface area contributed by atoms with E-state index in [2.05, 4.69) is 20.9 Å². The van der Waals surface area contributed by atoms with Crippen molar-refractivity contribution in [2.45, 2.75) is 0 Å². The first-order valence-corrected chi connectivity index (χ1v) is 9.36. The summed E-state index contributed by atoms with van der Waals surface area (Å²) in [6.07, 6.45) is 0. The molecule has 2 aromatic carbocycles. The molecule has 0 atom stereocenters. The Hall–Kier alpha value is -3.34. The zero-order valence-electron chi connectivity index (χ0n) is 15.8. The molecule has 0 radical (unpaired) electrons. The van der Waals surface area contributed by atoms with E-state index in [1.54, 1.807) is 19.2 Å². The van der Waals surface area contributed by atoms with Crippen LogP contribution in [0.25, 0.3) is 21.6 Å². The summed E-state index contributed by atoms with van der Waals surface area (Å²) in [6, 6.07) is 19.2. The van der Waals surface area contributed by atoms with Gasteiger partial charge in [-0.3, -0.25) is 0 Å². The molecular weight excluding hydrogens is 406 g/mol. The van der Waals surface area contributed by atoms with Crippen LogP contribution in [0, 0.1) is 11.3 Å². The molecule has 6 nitrogen and oxygen atoms in total. The van der Waals surface area contributed by atoms with Gasteiger partial charge in [-0.05, 0) is 30.3 Å². The molecule has 146 valence electrons. The summed E-state index contributed by atoms with van der Waals surface area (Å²) < 4.78 is 5.31. The van der Waals surface area contributed by atoms with Gasteiger partial charge in [0.2, 0.25) is 0 Å². The summed E-state index contributed by atoms with van der Waals surface area (Å²) in [5.41, 5.74) is 8.54. The van der Waals surface area contributed by atoms with E-state index in [0.717, 1.165) is 32.2 Å². The normalized spacial score (nSPS) is 10.2. The van der Waals surface area contributed by atoms with Gasteiger partial charge in [0.15, 0.2) is 5.82 Å². The molecule has 8 heteroatoms. The van der Waals surface area contributed by atoms with Crippen LogP contribution in [0.5, 0.6) is 5.75 Å². The lowest BCUT2D eigenvalue weighted by Crippen LogP contribution is -2.07. The van der Waals surface area contributed by atoms with Crippen molar-refractivity contribution < 1.29 is 4.74 Å². The van der Waals surface area contributed by atoms with Crippen molar-refractivity contribution in [2.75, 3.05) is 24.8 Å². The van der Waals surface area contributed by atoms with Crippen molar-refractivity contribution in [3.63, 3.8) is 0 Å². The lowest BCUT2D eigenvalue weighted by molar-refractivity contribution is 0.415. The minimum Gasteiger partial charge on any atom is -0.497 e. The van der Waals surface area contributed by atoms with Crippen molar-refractivity contribution in [1.82, 2.24) is 9.97 Å². The molecule has 4 aromatic rings. The molecule has 0 saturated heterocycles. The summed E-state index contributed by atoms with van der Waals surface area (Å²) in [5.74, 6) is 1.73. The lowest BCUT2D eigenvalue weighted by atomic mass is 10.1. The van der Waals surface area contributed by atoms with Gasteiger partial charge in [0.05, 0.1) is 29.1 Å². The average molecular weight is 424 g/mol. The molecule has 0 aliphatic rings. The fraction of sp³-hybridized carbons (Fsp3) is 0.0952. The van der Waals surface area contributed by atoms with E-state index in [9.17, 15) is 0 Å². The molecule has 4 rings (SSSR count). The van der Waals surface area contributed by atoms with Crippen molar-refractivity contribution in [3.05, 3.63) is 60.2 Å². The molecule has 0 aliphatic carbocycles. The number of rotatable bonds is 4. The number of halogens is 1. The first kappa shape index (κ1) is 20.4. The molecule has 0 unspecified atom stereocenters. The molecular formula is C21H18ClN5OS. The Morgan fingerprint density at radius 3 is 2.66 bits per heavy atom. The summed E-state index contributed by atoms with van der Waals surface area (Å²) in [5, 5.41) is 10.9. The number of benzene rings is 2. The quantitative estimate of drug-likeness (QED) is 0.496. The maximum absolute atomic E-state index is 9.12. The monoisotopic (exact) mass is 423 g/mol. The van der Waals surface area contributed by atoms with Gasteiger partial charge in [-0.1, -0.05) is 29.5 Å². The highest BCUT2D eigenvalue weighted by molar-refractivity contribution is 7.22. The van der Waals surface area contributed by atoms with Crippen molar-refractivity contribution >= 4 is 50.5 Å². The largest absolute Gasteiger partial charge is 0.497 e. The SMILES string of the molecule is COc1cccc(N(C)c2cc3c(N)nc(-c4cccc(C#N)c4)nc3s2)c1.Cl. The second-order valence-electron chi connectivity index (χ2n) is 6.19. The van der Waals surface area contributed by atoms with Gasteiger partial charge < -0.3 is 15.4 Å². The van der Waals surface area contributed by atoms with Crippen LogP contribution in [0.2, 0.25) is 0 Å². The van der Waals surface area contributed by atoms with Gasteiger partial charge in [-0.25, -0.2) is 9.97 Å². The molecule has 2 N–H and O–H groups in total. The molecule has 0 spiro atoms. The number of aromatic nitrogens is 2. The predicted molar refractivity (Wildman–Crippen MR) is 120 cm³/mol. The maximum Gasteiger partial charge on any atom is 0.163 e. The average Bonchev–Trinajstić information content (AvgIpc) is 3.18. The molecule has 0 bridgehead atoms. The smallest absolute Gasteiger partial charge is 0.163 e. The Labute approximate surface area is 178 Å². The fourth-order valence-electron chi connectivity index (χ4n) is 2.90. The zero-order chi connectivity index (χ0) is 19.7. The Kier molecular flexibility index (Phi) is 5.87. The molecule has 0 fully saturated rings. The third-order valence-corrected chi connectivity index (χ3v) is 5.54. The number of nitrogens with zero attached hydrogens (tertiary/aromatic N) is 4. The van der Waals surface area contributed by atoms with Gasteiger partial charge in [0, 0.05) is 24.4 Å². The number of ether oxygens (including phenoxy) is 1. The summed E-state index contributed by atoms with van der Waals surface area (Å²) in [4.78, 5) is 12.0. The van der Waals surface area contributed by atoms with Crippen LogP contribution in [0.1, 0.15) is 5.56 Å². The van der Waals surface area contributed by atoms with Gasteiger partial charge in [0.1, 0.15) is 16.4 Å². The maximum atomic E-state index is 9.12. The first-order chi connectivity index (χ1) is 13.6. The van der Waals surface area contributed by atoms with Gasteiger partial charge in [-0.2, -0.15) is 5.26 Å². The number of nitrogen functional groups attached to an aromatic ring is 1. The summed E-state index contributed by atoms with van der Waals surface area (Å²) >= 11 is 1.54. The van der Waals surface area contributed by atoms with Crippen LogP contribution in [-0.2, 0) is 0 Å². The van der Waals surface area contributed by atoms with Crippen molar-refractivity contribution in [2.24, 2.45) is 0 Å². The molecule has 0 saturated carbocycles. The van der Waals surface area contributed by atoms with Crippen LogP contribution >= 0.6 is 23.7 Å². The van der Waals surface area contributed by atoms with Gasteiger partial charge >= 0.3 is 0 Å². The van der Waals surface area contributed by atoms with E-state index in [4.69, 9.17) is 15.7 Å². The zero-order valence-corrected chi connectivity index (χ0v) is 17.4. The van der Waals surface area contributed by atoms with Crippen molar-refractivity contribution in [3.8, 4) is 23.2 Å². The van der Waals surface area contributed by atoms with Crippen molar-refractivity contribution in [1.29, 1.82) is 5.26 Å². The lowest BCUT2D eigenvalue weighted by Gasteiger charge is -2.17. The van der Waals surface area contributed by atoms with Crippen LogP contribution < -0.4 is 15.4 Å². The second-order valence-corrected chi connectivity index (χ2v) is 7.20. The fourth-order valence-corrected chi connectivity index (χ4v) is 3.92. The van der Waals surface area contributed by atoms with Crippen LogP contribution in [0.3, 0.4) is 0 Å². The molecule has 2 aromatic heterocycles. The Balaban J connectivity index is 0.00000240. The van der Waals surface area contributed by atoms with Crippen LogP contribution in [0.15, 0.2) is 54.6 Å². The summed E-state index contributed by atoms with van der Waals surface area (Å²) in [6.45, 7) is 0. The second kappa shape index (κ2) is 8.35. The van der Waals surface area contributed by atoms with E-state index >= 15 is 0 Å². The number of fused-ring (bicyclic) bond motifs is 1. The summed E-state index contributed by atoms with van der Waals surface area (Å²) in [7, 11) is 3.64. The predicted octanol–water partition coefficient (Wildman–Crippen LogP) is 5.01. The Morgan fingerprint density at radius 1 is 1.10 bits per heavy atom. The molecule has 0 aliphatic heterocycles. The van der Waals surface area contributed by atoms with E-state index < -0.39 is 0 Å². The number of thiophene rings is 1. The standard InChI is InChI=1S/C21H17N5OS.ClH/c1-26(15-7-4-8-16(10-15)27-2)18-11-17-19(23)24-20(25-21(17)28-18)14-6-3-5-13(9-14)12-22;/h3-11H,1-2H3,(H2,23,24,25);1H. The molecule has 29 heavy (non-hydrogen) atoms. The van der Waals surface area contributed by atoms with Crippen LogP contribution in [-0.4, -0.2) is 24.1 Å². The highest BCUT2D eigenvalue weighted by Crippen LogP contribution is 2.38. The third kappa shape index (κ3) is 3.94. The third-order valence-electron chi connectivity index (χ3n) is 4.43.